The van der Waals surface area contributed by atoms with Gasteiger partial charge in [0.15, 0.2) is 5.76 Å². The summed E-state index contributed by atoms with van der Waals surface area (Å²) in [4.78, 5) is 12.0. The van der Waals surface area contributed by atoms with Gasteiger partial charge in [0.1, 0.15) is 18.1 Å². The number of hydrogen-bond acceptors (Lipinski definition) is 4. The van der Waals surface area contributed by atoms with Crippen LogP contribution < -0.4 is 10.1 Å². The van der Waals surface area contributed by atoms with Gasteiger partial charge in [0, 0.05) is 20.3 Å². The number of hydrogen-bond donors (Lipinski definition) is 1. The maximum Gasteiger partial charge on any atom is 0.286 e. The van der Waals surface area contributed by atoms with Gasteiger partial charge in [0.25, 0.3) is 5.91 Å². The van der Waals surface area contributed by atoms with Gasteiger partial charge in [-0.25, -0.2) is 0 Å². The number of carbonyl (C=O) groups excluding carboxylic acids is 1. The Morgan fingerprint density at radius 3 is 2.76 bits per heavy atom. The van der Waals surface area contributed by atoms with E-state index in [0.717, 1.165) is 17.6 Å². The molecule has 3 aromatic rings. The number of methoxy groups -OCH3 is 1. The molecule has 5 nitrogen and oxygen atoms in total. The zero-order valence-electron chi connectivity index (χ0n) is 14.2. The first-order valence-electron chi connectivity index (χ1n) is 8.24. The molecular formula is C20H21NO4. The third kappa shape index (κ3) is 4.61. The molecule has 25 heavy (non-hydrogen) atoms. The Balaban J connectivity index is 1.54. The zero-order chi connectivity index (χ0) is 17.5. The quantitative estimate of drug-likeness (QED) is 0.635. The lowest BCUT2D eigenvalue weighted by atomic mass is 10.1. The van der Waals surface area contributed by atoms with Crippen molar-refractivity contribution in [3.63, 3.8) is 0 Å². The van der Waals surface area contributed by atoms with Crippen molar-refractivity contribution in [2.75, 3.05) is 20.3 Å². The predicted molar refractivity (Wildman–Crippen MR) is 95.8 cm³/mol. The number of carbonyl (C=O) groups is 1. The molecule has 0 radical (unpaired) electrons. The Morgan fingerprint density at radius 2 is 1.92 bits per heavy atom. The van der Waals surface area contributed by atoms with Crippen LogP contribution >= 0.6 is 0 Å². The molecular weight excluding hydrogens is 318 g/mol. The Morgan fingerprint density at radius 1 is 1.08 bits per heavy atom. The fraction of sp³-hybridized carbons (Fsp3) is 0.250. The molecule has 3 rings (SSSR count). The third-order valence-electron chi connectivity index (χ3n) is 3.80. The zero-order valence-corrected chi connectivity index (χ0v) is 14.2. The number of fused-ring (bicyclic) bond motifs is 1. The highest BCUT2D eigenvalue weighted by Gasteiger charge is 2.11. The van der Waals surface area contributed by atoms with Crippen LogP contribution in [0, 0.1) is 0 Å². The van der Waals surface area contributed by atoms with Crippen LogP contribution in [0.1, 0.15) is 22.7 Å². The highest BCUT2D eigenvalue weighted by Crippen LogP contribution is 2.21. The first-order valence-corrected chi connectivity index (χ1v) is 8.24. The summed E-state index contributed by atoms with van der Waals surface area (Å²) >= 11 is 0. The van der Waals surface area contributed by atoms with E-state index in [2.05, 4.69) is 11.4 Å². The van der Waals surface area contributed by atoms with E-state index in [0.29, 0.717) is 18.9 Å². The molecule has 0 spiro atoms. The standard InChI is InChI=1S/C20H21NO4/c1-23-12-4-11-21-20(22)19-10-9-18(25-19)14-24-17-8-7-15-5-2-3-6-16(15)13-17/h2-3,5-10,13H,4,11-12,14H2,1H3,(H,21,22). The van der Waals surface area contributed by atoms with Crippen molar-refractivity contribution in [2.45, 2.75) is 13.0 Å². The van der Waals surface area contributed by atoms with Gasteiger partial charge in [0.2, 0.25) is 0 Å². The number of ether oxygens (including phenoxy) is 2. The molecule has 0 aliphatic rings. The van der Waals surface area contributed by atoms with E-state index in [4.69, 9.17) is 13.9 Å². The molecule has 0 saturated carbocycles. The second-order valence-corrected chi connectivity index (χ2v) is 5.67. The molecule has 2 aromatic carbocycles. The van der Waals surface area contributed by atoms with Crippen molar-refractivity contribution < 1.29 is 18.7 Å². The molecule has 130 valence electrons. The first-order chi connectivity index (χ1) is 12.3. The van der Waals surface area contributed by atoms with Gasteiger partial charge in [-0.15, -0.1) is 0 Å². The van der Waals surface area contributed by atoms with E-state index in [-0.39, 0.29) is 18.3 Å². The lowest BCUT2D eigenvalue weighted by Gasteiger charge is -2.06. The molecule has 0 fully saturated rings. The summed E-state index contributed by atoms with van der Waals surface area (Å²) in [5.41, 5.74) is 0. The van der Waals surface area contributed by atoms with Crippen LogP contribution in [0.3, 0.4) is 0 Å². The minimum atomic E-state index is -0.229. The van der Waals surface area contributed by atoms with Crippen LogP contribution in [0.4, 0.5) is 0 Å². The maximum atomic E-state index is 12.0. The third-order valence-corrected chi connectivity index (χ3v) is 3.80. The number of furan rings is 1. The molecule has 0 aliphatic heterocycles. The summed E-state index contributed by atoms with van der Waals surface area (Å²) in [6.45, 7) is 1.44. The topological polar surface area (TPSA) is 60.7 Å². The minimum absolute atomic E-state index is 0.229. The van der Waals surface area contributed by atoms with E-state index in [9.17, 15) is 4.79 Å². The van der Waals surface area contributed by atoms with E-state index < -0.39 is 0 Å². The fourth-order valence-electron chi connectivity index (χ4n) is 2.49. The Labute approximate surface area is 146 Å². The minimum Gasteiger partial charge on any atom is -0.486 e. The van der Waals surface area contributed by atoms with Gasteiger partial charge >= 0.3 is 0 Å². The van der Waals surface area contributed by atoms with Gasteiger partial charge < -0.3 is 19.2 Å². The average molecular weight is 339 g/mol. The summed E-state index contributed by atoms with van der Waals surface area (Å²) < 4.78 is 16.3. The molecule has 1 N–H and O–H groups in total. The molecule has 0 unspecified atom stereocenters. The molecule has 0 aliphatic carbocycles. The highest BCUT2D eigenvalue weighted by molar-refractivity contribution is 5.91. The van der Waals surface area contributed by atoms with Crippen molar-refractivity contribution in [3.05, 3.63) is 66.1 Å². The van der Waals surface area contributed by atoms with Crippen molar-refractivity contribution in [1.82, 2.24) is 5.32 Å². The van der Waals surface area contributed by atoms with E-state index in [1.54, 1.807) is 19.2 Å². The summed E-state index contributed by atoms with van der Waals surface area (Å²) in [6, 6.07) is 17.5. The maximum absolute atomic E-state index is 12.0. The van der Waals surface area contributed by atoms with Crippen LogP contribution in [0.25, 0.3) is 10.8 Å². The van der Waals surface area contributed by atoms with E-state index in [1.165, 1.54) is 5.39 Å². The summed E-state index contributed by atoms with van der Waals surface area (Å²) in [7, 11) is 1.64. The normalized spacial score (nSPS) is 10.8. The molecule has 5 heteroatoms. The molecule has 0 atom stereocenters. The highest BCUT2D eigenvalue weighted by atomic mass is 16.5. The summed E-state index contributed by atoms with van der Waals surface area (Å²) in [5.74, 6) is 1.43. The molecule has 1 aromatic heterocycles. The molecule has 1 heterocycles. The van der Waals surface area contributed by atoms with E-state index in [1.807, 2.05) is 36.4 Å². The second-order valence-electron chi connectivity index (χ2n) is 5.67. The van der Waals surface area contributed by atoms with Crippen LogP contribution in [-0.2, 0) is 11.3 Å². The molecule has 0 bridgehead atoms. The van der Waals surface area contributed by atoms with Crippen LogP contribution in [0.5, 0.6) is 5.75 Å². The number of nitrogens with one attached hydrogen (secondary N) is 1. The largest absolute Gasteiger partial charge is 0.486 e. The first kappa shape index (κ1) is 17.0. The SMILES string of the molecule is COCCCNC(=O)c1ccc(COc2ccc3ccccc3c2)o1. The fourth-order valence-corrected chi connectivity index (χ4v) is 2.49. The number of rotatable bonds is 8. The van der Waals surface area contributed by atoms with Crippen LogP contribution in [0.15, 0.2) is 59.0 Å². The lowest BCUT2D eigenvalue weighted by molar-refractivity contribution is 0.0917. The second kappa shape index (κ2) is 8.35. The van der Waals surface area contributed by atoms with Gasteiger partial charge in [-0.05, 0) is 41.5 Å². The molecule has 0 saturated heterocycles. The Kier molecular flexibility index (Phi) is 5.69. The number of benzene rings is 2. The predicted octanol–water partition coefficient (Wildman–Crippen LogP) is 3.78. The van der Waals surface area contributed by atoms with Crippen molar-refractivity contribution in [1.29, 1.82) is 0 Å². The summed E-state index contributed by atoms with van der Waals surface area (Å²) in [5, 5.41) is 5.08. The Hall–Kier alpha value is -2.79. The van der Waals surface area contributed by atoms with Crippen molar-refractivity contribution in [3.8, 4) is 5.75 Å². The Bertz CT molecular complexity index is 840. The van der Waals surface area contributed by atoms with Crippen LogP contribution in [-0.4, -0.2) is 26.2 Å². The molecule has 1 amide bonds. The monoisotopic (exact) mass is 339 g/mol. The lowest BCUT2D eigenvalue weighted by Crippen LogP contribution is -2.24. The number of amides is 1. The van der Waals surface area contributed by atoms with E-state index >= 15 is 0 Å². The van der Waals surface area contributed by atoms with Gasteiger partial charge in [-0.2, -0.15) is 0 Å². The van der Waals surface area contributed by atoms with Crippen LogP contribution in [0.2, 0.25) is 0 Å². The average Bonchev–Trinajstić information content (AvgIpc) is 3.12. The van der Waals surface area contributed by atoms with Crippen molar-refractivity contribution in [2.24, 2.45) is 0 Å². The van der Waals surface area contributed by atoms with Gasteiger partial charge in [-0.1, -0.05) is 30.3 Å². The van der Waals surface area contributed by atoms with Crippen molar-refractivity contribution >= 4 is 16.7 Å². The van der Waals surface area contributed by atoms with Gasteiger partial charge in [-0.3, -0.25) is 4.79 Å². The van der Waals surface area contributed by atoms with Gasteiger partial charge in [0.05, 0.1) is 0 Å². The summed E-state index contributed by atoms with van der Waals surface area (Å²) in [6.07, 6.45) is 0.765. The smallest absolute Gasteiger partial charge is 0.286 e.